The SMILES string of the molecule is C=C(C)C(NC)C1SCCSC1C. The largest absolute Gasteiger partial charge is 0.312 e. The minimum Gasteiger partial charge on any atom is -0.312 e. The number of rotatable bonds is 3. The molecule has 0 aliphatic carbocycles. The van der Waals surface area contributed by atoms with Crippen molar-refractivity contribution in [3.63, 3.8) is 0 Å². The Balaban J connectivity index is 2.60. The van der Waals surface area contributed by atoms with Crippen LogP contribution in [0.25, 0.3) is 0 Å². The molecule has 1 nitrogen and oxygen atoms in total. The summed E-state index contributed by atoms with van der Waals surface area (Å²) in [6.07, 6.45) is 0. The fraction of sp³-hybridized carbons (Fsp3) is 0.800. The topological polar surface area (TPSA) is 12.0 Å². The molecule has 1 aliphatic heterocycles. The van der Waals surface area contributed by atoms with Crippen LogP contribution in [0.15, 0.2) is 12.2 Å². The van der Waals surface area contributed by atoms with Gasteiger partial charge in [-0.2, -0.15) is 23.5 Å². The molecule has 0 radical (unpaired) electrons. The van der Waals surface area contributed by atoms with Gasteiger partial charge in [-0.25, -0.2) is 0 Å². The summed E-state index contributed by atoms with van der Waals surface area (Å²) in [4.78, 5) is 0. The summed E-state index contributed by atoms with van der Waals surface area (Å²) in [5.41, 5.74) is 1.26. The summed E-state index contributed by atoms with van der Waals surface area (Å²) in [6.45, 7) is 8.50. The molecular formula is C10H19NS2. The van der Waals surface area contributed by atoms with E-state index >= 15 is 0 Å². The zero-order valence-corrected chi connectivity index (χ0v) is 10.3. The van der Waals surface area contributed by atoms with Crippen molar-refractivity contribution in [1.29, 1.82) is 0 Å². The minimum atomic E-state index is 0.479. The fourth-order valence-corrected chi connectivity index (χ4v) is 4.77. The molecule has 1 saturated heterocycles. The maximum absolute atomic E-state index is 4.05. The third-order valence-electron chi connectivity index (χ3n) is 2.41. The van der Waals surface area contributed by atoms with Crippen molar-refractivity contribution in [2.45, 2.75) is 30.4 Å². The molecule has 0 aromatic heterocycles. The van der Waals surface area contributed by atoms with Crippen LogP contribution in [0.2, 0.25) is 0 Å². The van der Waals surface area contributed by atoms with Gasteiger partial charge in [0, 0.05) is 28.0 Å². The zero-order valence-electron chi connectivity index (χ0n) is 8.67. The molecule has 1 rings (SSSR count). The summed E-state index contributed by atoms with van der Waals surface area (Å²) in [5.74, 6) is 2.58. The molecule has 0 aromatic carbocycles. The van der Waals surface area contributed by atoms with Crippen molar-refractivity contribution >= 4 is 23.5 Å². The predicted molar refractivity (Wildman–Crippen MR) is 65.8 cm³/mol. The highest BCUT2D eigenvalue weighted by Gasteiger charge is 2.29. The average Bonchev–Trinajstić information content (AvgIpc) is 2.09. The Labute approximate surface area is 90.1 Å². The number of likely N-dealkylation sites (N-methyl/N-ethyl adjacent to an activating group) is 1. The maximum atomic E-state index is 4.05. The summed E-state index contributed by atoms with van der Waals surface area (Å²) in [6, 6.07) is 0.479. The van der Waals surface area contributed by atoms with E-state index in [2.05, 4.69) is 49.3 Å². The predicted octanol–water partition coefficient (Wildman–Crippen LogP) is 2.39. The van der Waals surface area contributed by atoms with E-state index in [9.17, 15) is 0 Å². The summed E-state index contributed by atoms with van der Waals surface area (Å²) >= 11 is 4.17. The lowest BCUT2D eigenvalue weighted by atomic mass is 10.1. The van der Waals surface area contributed by atoms with E-state index in [1.807, 2.05) is 7.05 Å². The third-order valence-corrected chi connectivity index (χ3v) is 5.60. The number of thioether (sulfide) groups is 2. The molecule has 0 spiro atoms. The van der Waals surface area contributed by atoms with E-state index < -0.39 is 0 Å². The van der Waals surface area contributed by atoms with Gasteiger partial charge < -0.3 is 5.32 Å². The second-order valence-electron chi connectivity index (χ2n) is 3.52. The monoisotopic (exact) mass is 217 g/mol. The molecule has 3 unspecified atom stereocenters. The second-order valence-corrected chi connectivity index (χ2v) is 6.30. The van der Waals surface area contributed by atoms with E-state index in [1.54, 1.807) is 0 Å². The maximum Gasteiger partial charge on any atom is 0.0402 e. The zero-order chi connectivity index (χ0) is 9.84. The van der Waals surface area contributed by atoms with Crippen molar-refractivity contribution in [3.8, 4) is 0 Å². The van der Waals surface area contributed by atoms with Crippen molar-refractivity contribution in [2.75, 3.05) is 18.6 Å². The molecule has 76 valence electrons. The Hall–Kier alpha value is 0.400. The van der Waals surface area contributed by atoms with Crippen LogP contribution >= 0.6 is 23.5 Å². The Morgan fingerprint density at radius 2 is 2.08 bits per heavy atom. The first kappa shape index (κ1) is 11.5. The molecule has 0 bridgehead atoms. The molecule has 3 atom stereocenters. The van der Waals surface area contributed by atoms with E-state index in [1.165, 1.54) is 17.1 Å². The standard InChI is InChI=1S/C10H19NS2/c1-7(2)9(11-4)10-8(3)12-5-6-13-10/h8-11H,1,5-6H2,2-4H3. The highest BCUT2D eigenvalue weighted by atomic mass is 32.2. The van der Waals surface area contributed by atoms with E-state index in [0.29, 0.717) is 11.3 Å². The fourth-order valence-electron chi connectivity index (χ4n) is 1.71. The number of nitrogens with one attached hydrogen (secondary N) is 1. The lowest BCUT2D eigenvalue weighted by Crippen LogP contribution is -2.43. The van der Waals surface area contributed by atoms with E-state index in [0.717, 1.165) is 5.25 Å². The van der Waals surface area contributed by atoms with Gasteiger partial charge in [0.1, 0.15) is 0 Å². The van der Waals surface area contributed by atoms with Crippen LogP contribution in [0.5, 0.6) is 0 Å². The Bertz CT molecular complexity index is 182. The quantitative estimate of drug-likeness (QED) is 0.729. The number of hydrogen-bond donors (Lipinski definition) is 1. The van der Waals surface area contributed by atoms with Crippen molar-refractivity contribution in [3.05, 3.63) is 12.2 Å². The highest BCUT2D eigenvalue weighted by Crippen LogP contribution is 2.34. The summed E-state index contributed by atoms with van der Waals surface area (Å²) in [5, 5.41) is 4.81. The highest BCUT2D eigenvalue weighted by molar-refractivity contribution is 8.07. The first-order valence-corrected chi connectivity index (χ1v) is 6.82. The summed E-state index contributed by atoms with van der Waals surface area (Å²) < 4.78 is 0. The van der Waals surface area contributed by atoms with Crippen molar-refractivity contribution < 1.29 is 0 Å². The van der Waals surface area contributed by atoms with Crippen LogP contribution in [-0.4, -0.2) is 35.1 Å². The molecule has 1 heterocycles. The van der Waals surface area contributed by atoms with Crippen LogP contribution in [0, 0.1) is 0 Å². The van der Waals surface area contributed by atoms with Crippen LogP contribution in [0.3, 0.4) is 0 Å². The van der Waals surface area contributed by atoms with Gasteiger partial charge >= 0.3 is 0 Å². The third kappa shape index (κ3) is 2.93. The van der Waals surface area contributed by atoms with Crippen LogP contribution in [0.4, 0.5) is 0 Å². The van der Waals surface area contributed by atoms with Gasteiger partial charge in [-0.1, -0.05) is 19.1 Å². The van der Waals surface area contributed by atoms with Gasteiger partial charge in [-0.15, -0.1) is 0 Å². The van der Waals surface area contributed by atoms with Crippen LogP contribution in [0.1, 0.15) is 13.8 Å². The molecule has 3 heteroatoms. The average molecular weight is 217 g/mol. The molecule has 1 aliphatic rings. The van der Waals surface area contributed by atoms with E-state index in [4.69, 9.17) is 0 Å². The molecule has 0 saturated carbocycles. The van der Waals surface area contributed by atoms with Crippen molar-refractivity contribution in [1.82, 2.24) is 5.32 Å². The first-order chi connectivity index (χ1) is 6.16. The molecular weight excluding hydrogens is 198 g/mol. The lowest BCUT2D eigenvalue weighted by Gasteiger charge is -2.34. The van der Waals surface area contributed by atoms with Gasteiger partial charge in [0.2, 0.25) is 0 Å². The van der Waals surface area contributed by atoms with Gasteiger partial charge in [0.05, 0.1) is 0 Å². The summed E-state index contributed by atoms with van der Waals surface area (Å²) in [7, 11) is 2.03. The van der Waals surface area contributed by atoms with Crippen molar-refractivity contribution in [2.24, 2.45) is 0 Å². The van der Waals surface area contributed by atoms with Crippen LogP contribution < -0.4 is 5.32 Å². The van der Waals surface area contributed by atoms with Gasteiger partial charge in [0.25, 0.3) is 0 Å². The molecule has 0 amide bonds. The Morgan fingerprint density at radius 3 is 2.54 bits per heavy atom. The molecule has 13 heavy (non-hydrogen) atoms. The van der Waals surface area contributed by atoms with Gasteiger partial charge in [-0.3, -0.25) is 0 Å². The molecule has 1 fully saturated rings. The number of hydrogen-bond acceptors (Lipinski definition) is 3. The van der Waals surface area contributed by atoms with Gasteiger partial charge in [0.15, 0.2) is 0 Å². The van der Waals surface area contributed by atoms with E-state index in [-0.39, 0.29) is 0 Å². The second kappa shape index (κ2) is 5.32. The van der Waals surface area contributed by atoms with Gasteiger partial charge in [-0.05, 0) is 14.0 Å². The first-order valence-electron chi connectivity index (χ1n) is 4.72. The lowest BCUT2D eigenvalue weighted by molar-refractivity contribution is 0.599. The smallest absolute Gasteiger partial charge is 0.0402 e. The molecule has 1 N–H and O–H groups in total. The van der Waals surface area contributed by atoms with Crippen LogP contribution in [-0.2, 0) is 0 Å². The normalized spacial score (nSPS) is 31.3. The Kier molecular flexibility index (Phi) is 4.70. The minimum absolute atomic E-state index is 0.479. The molecule has 0 aromatic rings. The Morgan fingerprint density at radius 1 is 1.46 bits per heavy atom.